The van der Waals surface area contributed by atoms with E-state index < -0.39 is 5.54 Å². The molecule has 6 N–H and O–H groups in total. The second kappa shape index (κ2) is 13.5. The topological polar surface area (TPSA) is 126 Å². The average Bonchev–Trinajstić information content (AvgIpc) is 3.74. The first-order valence-electron chi connectivity index (χ1n) is 14.7. The van der Waals surface area contributed by atoms with Crippen LogP contribution in [0.15, 0.2) is 102 Å². The summed E-state index contributed by atoms with van der Waals surface area (Å²) in [5, 5.41) is 6.71. The van der Waals surface area contributed by atoms with Crippen molar-refractivity contribution in [2.45, 2.75) is 36.8 Å². The van der Waals surface area contributed by atoms with Crippen LogP contribution >= 0.6 is 0 Å². The SMILES string of the molecule is NC(N)=NCCC1C[C@@]12NC(CNC(=O)/C=C/c1ccccc1)CCN(CC(c1ccccc1)c1ccccc1)C2=O. The molecule has 42 heavy (non-hydrogen) atoms. The molecule has 2 aliphatic rings. The maximum absolute atomic E-state index is 14.3. The molecule has 0 radical (unpaired) electrons. The summed E-state index contributed by atoms with van der Waals surface area (Å²) in [6, 6.07) is 30.4. The van der Waals surface area contributed by atoms with Crippen molar-refractivity contribution in [2.24, 2.45) is 22.4 Å². The molecular formula is C34H40N6O2. The molecule has 0 bridgehead atoms. The summed E-state index contributed by atoms with van der Waals surface area (Å²) < 4.78 is 0. The molecule has 1 aliphatic carbocycles. The van der Waals surface area contributed by atoms with Gasteiger partial charge >= 0.3 is 0 Å². The van der Waals surface area contributed by atoms with Crippen molar-refractivity contribution in [3.05, 3.63) is 114 Å². The highest BCUT2D eigenvalue weighted by molar-refractivity contribution is 5.92. The number of hydrogen-bond donors (Lipinski definition) is 4. The first-order valence-corrected chi connectivity index (χ1v) is 14.7. The molecule has 1 heterocycles. The molecule has 8 nitrogen and oxygen atoms in total. The van der Waals surface area contributed by atoms with Crippen LogP contribution in [0.25, 0.3) is 6.08 Å². The summed E-state index contributed by atoms with van der Waals surface area (Å²) >= 11 is 0. The summed E-state index contributed by atoms with van der Waals surface area (Å²) in [6.07, 6.45) is 5.52. The van der Waals surface area contributed by atoms with Gasteiger partial charge in [0.15, 0.2) is 5.96 Å². The number of carbonyl (C=O) groups is 2. The number of benzene rings is 3. The first kappa shape index (κ1) is 29.1. The van der Waals surface area contributed by atoms with Crippen LogP contribution in [0.2, 0.25) is 0 Å². The number of carbonyl (C=O) groups excluding carboxylic acids is 2. The van der Waals surface area contributed by atoms with Crippen molar-refractivity contribution in [1.82, 2.24) is 15.5 Å². The monoisotopic (exact) mass is 564 g/mol. The zero-order valence-corrected chi connectivity index (χ0v) is 23.9. The summed E-state index contributed by atoms with van der Waals surface area (Å²) in [4.78, 5) is 33.1. The van der Waals surface area contributed by atoms with Crippen molar-refractivity contribution >= 4 is 23.8 Å². The van der Waals surface area contributed by atoms with Crippen LogP contribution in [-0.4, -0.2) is 60.4 Å². The van der Waals surface area contributed by atoms with Gasteiger partial charge in [-0.3, -0.25) is 19.9 Å². The van der Waals surface area contributed by atoms with Crippen LogP contribution in [0.5, 0.6) is 0 Å². The van der Waals surface area contributed by atoms with Gasteiger partial charge in [-0.2, -0.15) is 0 Å². The fourth-order valence-corrected chi connectivity index (χ4v) is 6.00. The lowest BCUT2D eigenvalue weighted by molar-refractivity contribution is -0.134. The van der Waals surface area contributed by atoms with Gasteiger partial charge < -0.3 is 21.7 Å². The number of hydrogen-bond acceptors (Lipinski definition) is 4. The van der Waals surface area contributed by atoms with Crippen LogP contribution in [0.3, 0.4) is 0 Å². The maximum atomic E-state index is 14.3. The molecule has 2 fully saturated rings. The molecule has 2 amide bonds. The number of amides is 2. The molecule has 1 aliphatic heterocycles. The van der Waals surface area contributed by atoms with Crippen molar-refractivity contribution in [3.8, 4) is 0 Å². The molecule has 3 atom stereocenters. The lowest BCUT2D eigenvalue weighted by Crippen LogP contribution is -2.52. The van der Waals surface area contributed by atoms with Crippen LogP contribution < -0.4 is 22.1 Å². The number of nitrogens with zero attached hydrogens (tertiary/aromatic N) is 2. The highest BCUT2D eigenvalue weighted by Gasteiger charge is 2.62. The van der Waals surface area contributed by atoms with Crippen molar-refractivity contribution in [3.63, 3.8) is 0 Å². The summed E-state index contributed by atoms with van der Waals surface area (Å²) in [7, 11) is 0. The molecule has 1 saturated carbocycles. The third-order valence-corrected chi connectivity index (χ3v) is 8.31. The van der Waals surface area contributed by atoms with Crippen LogP contribution in [0, 0.1) is 5.92 Å². The van der Waals surface area contributed by atoms with E-state index in [4.69, 9.17) is 11.5 Å². The van der Waals surface area contributed by atoms with Gasteiger partial charge in [-0.15, -0.1) is 0 Å². The molecule has 5 rings (SSSR count). The minimum Gasteiger partial charge on any atom is -0.370 e. The normalized spacial score (nSPS) is 21.8. The third kappa shape index (κ3) is 7.25. The highest BCUT2D eigenvalue weighted by Crippen LogP contribution is 2.49. The fourth-order valence-electron chi connectivity index (χ4n) is 6.00. The van der Waals surface area contributed by atoms with E-state index in [0.29, 0.717) is 32.6 Å². The molecule has 1 spiro atoms. The van der Waals surface area contributed by atoms with Gasteiger partial charge in [-0.1, -0.05) is 91.0 Å². The Morgan fingerprint density at radius 2 is 1.62 bits per heavy atom. The van der Waals surface area contributed by atoms with E-state index in [0.717, 1.165) is 18.4 Å². The zero-order chi connectivity index (χ0) is 29.4. The maximum Gasteiger partial charge on any atom is 0.244 e. The van der Waals surface area contributed by atoms with Gasteiger partial charge in [0.2, 0.25) is 11.8 Å². The van der Waals surface area contributed by atoms with Gasteiger partial charge in [0.1, 0.15) is 5.54 Å². The van der Waals surface area contributed by atoms with Crippen LogP contribution in [0.4, 0.5) is 0 Å². The summed E-state index contributed by atoms with van der Waals surface area (Å²) in [5.74, 6) is 0.190. The van der Waals surface area contributed by atoms with E-state index in [-0.39, 0.29) is 35.7 Å². The lowest BCUT2D eigenvalue weighted by Gasteiger charge is -2.30. The zero-order valence-electron chi connectivity index (χ0n) is 23.9. The Bertz CT molecular complexity index is 1350. The van der Waals surface area contributed by atoms with E-state index in [9.17, 15) is 9.59 Å². The van der Waals surface area contributed by atoms with Crippen molar-refractivity contribution < 1.29 is 9.59 Å². The minimum atomic E-state index is -0.678. The van der Waals surface area contributed by atoms with Gasteiger partial charge in [-0.05, 0) is 47.9 Å². The number of aliphatic imine (C=N–C) groups is 1. The molecule has 2 unspecified atom stereocenters. The average molecular weight is 565 g/mol. The largest absolute Gasteiger partial charge is 0.370 e. The predicted molar refractivity (Wildman–Crippen MR) is 167 cm³/mol. The first-order chi connectivity index (χ1) is 20.4. The van der Waals surface area contributed by atoms with Gasteiger partial charge in [-0.25, -0.2) is 0 Å². The van der Waals surface area contributed by atoms with Gasteiger partial charge in [0, 0.05) is 44.2 Å². The van der Waals surface area contributed by atoms with Crippen LogP contribution in [-0.2, 0) is 9.59 Å². The fraction of sp³-hybridized carbons (Fsp3) is 0.324. The van der Waals surface area contributed by atoms with E-state index in [1.165, 1.54) is 11.1 Å². The van der Waals surface area contributed by atoms with E-state index >= 15 is 0 Å². The summed E-state index contributed by atoms with van der Waals surface area (Å²) in [6.45, 7) is 2.09. The second-order valence-electron chi connectivity index (χ2n) is 11.2. The van der Waals surface area contributed by atoms with Crippen molar-refractivity contribution in [1.29, 1.82) is 0 Å². The van der Waals surface area contributed by atoms with Gasteiger partial charge in [0.05, 0.1) is 0 Å². The lowest BCUT2D eigenvalue weighted by atomic mass is 9.90. The number of rotatable bonds is 11. The summed E-state index contributed by atoms with van der Waals surface area (Å²) in [5.41, 5.74) is 13.7. The van der Waals surface area contributed by atoms with Crippen LogP contribution in [0.1, 0.15) is 41.9 Å². The number of nitrogens with two attached hydrogens (primary N) is 2. The molecule has 1 saturated heterocycles. The smallest absolute Gasteiger partial charge is 0.244 e. The molecule has 8 heteroatoms. The van der Waals surface area contributed by atoms with E-state index in [1.807, 2.05) is 71.6 Å². The second-order valence-corrected chi connectivity index (χ2v) is 11.2. The van der Waals surface area contributed by atoms with E-state index in [1.54, 1.807) is 12.2 Å². The highest BCUT2D eigenvalue weighted by atomic mass is 16.2. The third-order valence-electron chi connectivity index (χ3n) is 8.31. The van der Waals surface area contributed by atoms with Gasteiger partial charge in [0.25, 0.3) is 0 Å². The molecule has 218 valence electrons. The molecule has 3 aromatic carbocycles. The molecular weight excluding hydrogens is 524 g/mol. The minimum absolute atomic E-state index is 0.0478. The predicted octanol–water partition coefficient (Wildman–Crippen LogP) is 3.26. The standard InChI is InChI=1S/C34H40N6O2/c35-33(36)37-20-18-28-22-34(28)32(42)40(24-30(26-12-6-2-7-13-26)27-14-8-3-9-15-27)21-19-29(39-34)23-38-31(41)17-16-25-10-4-1-5-11-25/h1-17,28-30,39H,18-24H2,(H,38,41)(H4,35,36,37)/b17-16+/t28?,29?,34-/m1/s1. The number of nitrogens with one attached hydrogen (secondary N) is 2. The Morgan fingerprint density at radius 3 is 2.24 bits per heavy atom. The number of guanidine groups is 1. The Morgan fingerprint density at radius 1 is 1.00 bits per heavy atom. The molecule has 0 aromatic heterocycles. The Labute approximate surface area is 247 Å². The Balaban J connectivity index is 1.32. The molecule has 3 aromatic rings. The Kier molecular flexibility index (Phi) is 9.34. The van der Waals surface area contributed by atoms with E-state index in [2.05, 4.69) is 39.9 Å². The Hall–Kier alpha value is -4.43. The van der Waals surface area contributed by atoms with Crippen molar-refractivity contribution in [2.75, 3.05) is 26.2 Å². The quantitative estimate of drug-likeness (QED) is 0.162.